The van der Waals surface area contributed by atoms with Gasteiger partial charge in [0.2, 0.25) is 0 Å². The lowest BCUT2D eigenvalue weighted by Gasteiger charge is -2.25. The second kappa shape index (κ2) is 8.82. The third kappa shape index (κ3) is 4.23. The van der Waals surface area contributed by atoms with Gasteiger partial charge in [-0.2, -0.15) is 0 Å². The Morgan fingerprint density at radius 2 is 2.08 bits per heavy atom. The van der Waals surface area contributed by atoms with Crippen molar-refractivity contribution < 1.29 is 9.53 Å². The Bertz CT molecular complexity index is 831. The average Bonchev–Trinajstić information content (AvgIpc) is 2.62. The molecule has 0 radical (unpaired) electrons. The molecule has 140 valence electrons. The number of hydrogen-bond donors (Lipinski definition) is 2. The van der Waals surface area contributed by atoms with Gasteiger partial charge in [0.1, 0.15) is 11.3 Å². The van der Waals surface area contributed by atoms with Gasteiger partial charge in [-0.3, -0.25) is 14.6 Å². The topological polar surface area (TPSA) is 85.2 Å². The Hall–Kier alpha value is -2.38. The molecule has 0 unspecified atom stereocenters. The van der Waals surface area contributed by atoms with E-state index in [2.05, 4.69) is 15.6 Å². The number of carbonyl (C=O) groups excluding carboxylic acids is 1. The maximum atomic E-state index is 12.9. The van der Waals surface area contributed by atoms with Gasteiger partial charge >= 0.3 is 0 Å². The van der Waals surface area contributed by atoms with Crippen molar-refractivity contribution in [1.29, 1.82) is 0 Å². The van der Waals surface area contributed by atoms with Gasteiger partial charge < -0.3 is 19.9 Å². The quantitative estimate of drug-likeness (QED) is 0.851. The van der Waals surface area contributed by atoms with Crippen LogP contribution in [0.3, 0.4) is 0 Å². The number of carbonyl (C=O) groups is 1. The van der Waals surface area contributed by atoms with Crippen LogP contribution in [0.2, 0.25) is 0 Å². The zero-order valence-electron chi connectivity index (χ0n) is 14.8. The fourth-order valence-electron chi connectivity index (χ4n) is 3.08. The normalized spacial score (nSPS) is 14.4. The SMILES string of the molecule is COc1cncc(NC(=O)c2c(C)ccn(C3CCNCC3)c2=O)c1.Cl. The van der Waals surface area contributed by atoms with E-state index in [4.69, 9.17) is 4.74 Å². The van der Waals surface area contributed by atoms with Crippen LogP contribution in [0.5, 0.6) is 5.75 Å². The molecule has 7 nitrogen and oxygen atoms in total. The van der Waals surface area contributed by atoms with E-state index in [0.717, 1.165) is 25.9 Å². The first kappa shape index (κ1) is 19.9. The molecule has 0 aromatic carbocycles. The fourth-order valence-corrected chi connectivity index (χ4v) is 3.08. The van der Waals surface area contributed by atoms with E-state index < -0.39 is 5.91 Å². The van der Waals surface area contributed by atoms with Gasteiger partial charge in [0, 0.05) is 18.3 Å². The number of aryl methyl sites for hydroxylation is 1. The van der Waals surface area contributed by atoms with Gasteiger partial charge in [-0.05, 0) is 44.5 Å². The Kier molecular flexibility index (Phi) is 6.76. The van der Waals surface area contributed by atoms with Gasteiger partial charge in [-0.25, -0.2) is 0 Å². The van der Waals surface area contributed by atoms with Crippen molar-refractivity contribution in [2.24, 2.45) is 0 Å². The van der Waals surface area contributed by atoms with Crippen LogP contribution in [-0.2, 0) is 0 Å². The van der Waals surface area contributed by atoms with Crippen molar-refractivity contribution in [2.75, 3.05) is 25.5 Å². The van der Waals surface area contributed by atoms with E-state index in [1.54, 1.807) is 30.0 Å². The molecule has 3 heterocycles. The largest absolute Gasteiger partial charge is 0.495 e. The molecule has 8 heteroatoms. The highest BCUT2D eigenvalue weighted by Crippen LogP contribution is 2.19. The predicted molar refractivity (Wildman–Crippen MR) is 103 cm³/mol. The molecule has 3 rings (SSSR count). The lowest BCUT2D eigenvalue weighted by molar-refractivity contribution is 0.102. The molecule has 1 amide bonds. The molecule has 2 N–H and O–H groups in total. The van der Waals surface area contributed by atoms with E-state index in [9.17, 15) is 9.59 Å². The molecule has 2 aromatic rings. The summed E-state index contributed by atoms with van der Waals surface area (Å²) in [7, 11) is 1.53. The van der Waals surface area contributed by atoms with Crippen LogP contribution in [0.15, 0.2) is 35.5 Å². The van der Waals surface area contributed by atoms with E-state index in [1.807, 2.05) is 6.07 Å². The minimum Gasteiger partial charge on any atom is -0.495 e. The molecule has 1 fully saturated rings. The summed E-state index contributed by atoms with van der Waals surface area (Å²) in [5, 5.41) is 6.02. The molecular weight excluding hydrogens is 356 g/mol. The summed E-state index contributed by atoms with van der Waals surface area (Å²) in [5.74, 6) is 0.107. The highest BCUT2D eigenvalue weighted by Gasteiger charge is 2.21. The molecule has 1 saturated heterocycles. The summed E-state index contributed by atoms with van der Waals surface area (Å²) in [4.78, 5) is 29.6. The first-order chi connectivity index (χ1) is 12.1. The number of amides is 1. The number of halogens is 1. The summed E-state index contributed by atoms with van der Waals surface area (Å²) >= 11 is 0. The molecule has 0 bridgehead atoms. The van der Waals surface area contributed by atoms with Gasteiger partial charge in [0.25, 0.3) is 11.5 Å². The predicted octanol–water partition coefficient (Wildman–Crippen LogP) is 2.16. The van der Waals surface area contributed by atoms with Crippen molar-refractivity contribution in [3.63, 3.8) is 0 Å². The van der Waals surface area contributed by atoms with E-state index in [0.29, 0.717) is 17.0 Å². The Balaban J connectivity index is 0.00000243. The fraction of sp³-hybridized carbons (Fsp3) is 0.389. The molecule has 0 atom stereocenters. The molecule has 2 aromatic heterocycles. The van der Waals surface area contributed by atoms with Crippen molar-refractivity contribution in [2.45, 2.75) is 25.8 Å². The minimum absolute atomic E-state index is 0. The Labute approximate surface area is 158 Å². The summed E-state index contributed by atoms with van der Waals surface area (Å²) in [5.41, 5.74) is 1.06. The number of anilines is 1. The summed E-state index contributed by atoms with van der Waals surface area (Å²) in [6.07, 6.45) is 6.61. The number of aromatic nitrogens is 2. The van der Waals surface area contributed by atoms with Gasteiger partial charge in [-0.15, -0.1) is 12.4 Å². The van der Waals surface area contributed by atoms with Gasteiger partial charge in [0.15, 0.2) is 0 Å². The van der Waals surface area contributed by atoms with Crippen molar-refractivity contribution in [3.05, 3.63) is 52.2 Å². The minimum atomic E-state index is -0.430. The number of pyridine rings is 2. The number of rotatable bonds is 4. The highest BCUT2D eigenvalue weighted by molar-refractivity contribution is 6.05. The highest BCUT2D eigenvalue weighted by atomic mass is 35.5. The molecule has 26 heavy (non-hydrogen) atoms. The number of ether oxygens (including phenoxy) is 1. The standard InChI is InChI=1S/C18H22N4O3.ClH/c1-12-5-8-22(14-3-6-19-7-4-14)18(24)16(12)17(23)21-13-9-15(25-2)11-20-10-13;/h5,8-11,14,19H,3-4,6-7H2,1-2H3,(H,21,23);1H. The number of piperidine rings is 1. The summed E-state index contributed by atoms with van der Waals surface area (Å²) < 4.78 is 6.79. The van der Waals surface area contributed by atoms with Crippen LogP contribution >= 0.6 is 12.4 Å². The molecule has 0 aliphatic carbocycles. The van der Waals surface area contributed by atoms with E-state index in [-0.39, 0.29) is 29.6 Å². The van der Waals surface area contributed by atoms with Crippen LogP contribution < -0.4 is 20.9 Å². The maximum Gasteiger partial charge on any atom is 0.263 e. The van der Waals surface area contributed by atoms with Crippen LogP contribution in [0, 0.1) is 6.92 Å². The zero-order valence-corrected chi connectivity index (χ0v) is 15.6. The van der Waals surface area contributed by atoms with Gasteiger partial charge in [0.05, 0.1) is 25.2 Å². The Morgan fingerprint density at radius 3 is 2.77 bits per heavy atom. The molecule has 0 spiro atoms. The van der Waals surface area contributed by atoms with Crippen LogP contribution in [0.1, 0.15) is 34.8 Å². The summed E-state index contributed by atoms with van der Waals surface area (Å²) in [6, 6.07) is 3.61. The molecule has 1 aliphatic rings. The smallest absolute Gasteiger partial charge is 0.263 e. The lowest BCUT2D eigenvalue weighted by atomic mass is 10.0. The maximum absolute atomic E-state index is 12.9. The Morgan fingerprint density at radius 1 is 1.35 bits per heavy atom. The van der Waals surface area contributed by atoms with Gasteiger partial charge in [-0.1, -0.05) is 0 Å². The summed E-state index contributed by atoms with van der Waals surface area (Å²) in [6.45, 7) is 3.52. The monoisotopic (exact) mass is 378 g/mol. The molecular formula is C18H23ClN4O3. The number of hydrogen-bond acceptors (Lipinski definition) is 5. The van der Waals surface area contributed by atoms with Crippen LogP contribution in [0.4, 0.5) is 5.69 Å². The van der Waals surface area contributed by atoms with E-state index >= 15 is 0 Å². The number of methoxy groups -OCH3 is 1. The molecule has 0 saturated carbocycles. The number of nitrogens with one attached hydrogen (secondary N) is 2. The van der Waals surface area contributed by atoms with Crippen molar-refractivity contribution in [3.8, 4) is 5.75 Å². The number of nitrogens with zero attached hydrogens (tertiary/aromatic N) is 2. The zero-order chi connectivity index (χ0) is 17.8. The van der Waals surface area contributed by atoms with Crippen molar-refractivity contribution >= 4 is 24.0 Å². The first-order valence-electron chi connectivity index (χ1n) is 8.33. The first-order valence-corrected chi connectivity index (χ1v) is 8.33. The lowest BCUT2D eigenvalue weighted by Crippen LogP contribution is -2.37. The van der Waals surface area contributed by atoms with Crippen LogP contribution in [-0.4, -0.2) is 35.7 Å². The second-order valence-corrected chi connectivity index (χ2v) is 6.13. The average molecular weight is 379 g/mol. The van der Waals surface area contributed by atoms with Crippen LogP contribution in [0.25, 0.3) is 0 Å². The third-order valence-corrected chi connectivity index (χ3v) is 4.46. The van der Waals surface area contributed by atoms with Crippen molar-refractivity contribution in [1.82, 2.24) is 14.9 Å². The molecule has 1 aliphatic heterocycles. The third-order valence-electron chi connectivity index (χ3n) is 4.46. The van der Waals surface area contributed by atoms with E-state index in [1.165, 1.54) is 13.3 Å². The second-order valence-electron chi connectivity index (χ2n) is 6.13.